The molecule has 7 heteroatoms. The molecule has 2 aliphatic heterocycles. The molecule has 1 N–H and O–H groups in total. The smallest absolute Gasteiger partial charge is 0.236 e. The number of nitrogens with zero attached hydrogens (tertiary/aromatic N) is 2. The molecule has 7 nitrogen and oxygen atoms in total. The summed E-state index contributed by atoms with van der Waals surface area (Å²) in [7, 11) is 1.67. The van der Waals surface area contributed by atoms with Crippen LogP contribution in [0.2, 0.25) is 0 Å². The number of carbonyl (C=O) groups is 1. The lowest BCUT2D eigenvalue weighted by Gasteiger charge is -2.36. The summed E-state index contributed by atoms with van der Waals surface area (Å²) in [4.78, 5) is 16.7. The molecule has 28 heavy (non-hydrogen) atoms. The van der Waals surface area contributed by atoms with Crippen LogP contribution in [0.4, 0.5) is 5.69 Å². The Balaban J connectivity index is 1.21. The number of amides is 1. The molecule has 1 fully saturated rings. The number of piperazine rings is 1. The van der Waals surface area contributed by atoms with Gasteiger partial charge in [0, 0.05) is 38.4 Å². The van der Waals surface area contributed by atoms with Crippen LogP contribution in [-0.4, -0.2) is 57.4 Å². The number of hydrogen-bond acceptors (Lipinski definition) is 6. The fourth-order valence-corrected chi connectivity index (χ4v) is 3.48. The summed E-state index contributed by atoms with van der Waals surface area (Å²) < 4.78 is 15.9. The fourth-order valence-electron chi connectivity index (χ4n) is 3.48. The predicted octanol–water partition coefficient (Wildman–Crippen LogP) is 1.86. The molecule has 4 rings (SSSR count). The third kappa shape index (κ3) is 4.14. The first-order valence-corrected chi connectivity index (χ1v) is 9.49. The van der Waals surface area contributed by atoms with Crippen LogP contribution < -0.4 is 24.4 Å². The number of nitrogens with one attached hydrogen (secondary N) is 1. The fraction of sp³-hybridized carbons (Fsp3) is 0.381. The number of carbonyl (C=O) groups excluding carboxylic acids is 1. The van der Waals surface area contributed by atoms with Crippen LogP contribution in [-0.2, 0) is 11.3 Å². The quantitative estimate of drug-likeness (QED) is 0.822. The standard InChI is InChI=1S/C21H25N3O4/c1-26-18-5-3-17(4-6-18)23-8-10-24(11-9-23)21(25)14-22-13-16-2-7-19-20(12-16)28-15-27-19/h2-7,12,22H,8-11,13-15H2,1H3. The van der Waals surface area contributed by atoms with Crippen LogP contribution in [0.15, 0.2) is 42.5 Å². The molecule has 0 bridgehead atoms. The first kappa shape index (κ1) is 18.4. The van der Waals surface area contributed by atoms with Crippen LogP contribution in [0.3, 0.4) is 0 Å². The molecule has 2 aromatic rings. The van der Waals surface area contributed by atoms with E-state index in [1.807, 2.05) is 35.2 Å². The highest BCUT2D eigenvalue weighted by Crippen LogP contribution is 2.32. The predicted molar refractivity (Wildman–Crippen MR) is 106 cm³/mol. The molecule has 0 aromatic heterocycles. The minimum atomic E-state index is 0.134. The molecular weight excluding hydrogens is 358 g/mol. The third-order valence-electron chi connectivity index (χ3n) is 5.11. The Kier molecular flexibility index (Phi) is 5.53. The van der Waals surface area contributed by atoms with Crippen LogP contribution in [0.25, 0.3) is 0 Å². The molecular formula is C21H25N3O4. The number of anilines is 1. The van der Waals surface area contributed by atoms with Crippen LogP contribution >= 0.6 is 0 Å². The van der Waals surface area contributed by atoms with Gasteiger partial charge in [-0.25, -0.2) is 0 Å². The number of rotatable bonds is 6. The van der Waals surface area contributed by atoms with E-state index in [1.165, 1.54) is 0 Å². The lowest BCUT2D eigenvalue weighted by atomic mass is 10.2. The van der Waals surface area contributed by atoms with Gasteiger partial charge in [-0.15, -0.1) is 0 Å². The van der Waals surface area contributed by atoms with Gasteiger partial charge in [-0.05, 0) is 42.0 Å². The van der Waals surface area contributed by atoms with Crippen LogP contribution in [0.5, 0.6) is 17.2 Å². The minimum Gasteiger partial charge on any atom is -0.497 e. The maximum absolute atomic E-state index is 12.5. The summed E-state index contributed by atoms with van der Waals surface area (Å²) in [6.07, 6.45) is 0. The number of benzene rings is 2. The van der Waals surface area contributed by atoms with Crippen molar-refractivity contribution in [3.8, 4) is 17.2 Å². The van der Waals surface area contributed by atoms with E-state index in [2.05, 4.69) is 22.3 Å². The van der Waals surface area contributed by atoms with Crippen molar-refractivity contribution in [2.24, 2.45) is 0 Å². The van der Waals surface area contributed by atoms with E-state index in [4.69, 9.17) is 14.2 Å². The SMILES string of the molecule is COc1ccc(N2CCN(C(=O)CNCc3ccc4c(c3)OCO4)CC2)cc1. The summed E-state index contributed by atoms with van der Waals surface area (Å²) in [5, 5.41) is 3.23. The van der Waals surface area contributed by atoms with E-state index < -0.39 is 0 Å². The summed E-state index contributed by atoms with van der Waals surface area (Å²) >= 11 is 0. The molecule has 1 amide bonds. The molecule has 0 unspecified atom stereocenters. The average molecular weight is 383 g/mol. The van der Waals surface area contributed by atoms with Gasteiger partial charge in [0.2, 0.25) is 12.7 Å². The van der Waals surface area contributed by atoms with Gasteiger partial charge < -0.3 is 29.3 Å². The number of fused-ring (bicyclic) bond motifs is 1. The average Bonchev–Trinajstić information content (AvgIpc) is 3.22. The Morgan fingerprint density at radius 2 is 1.79 bits per heavy atom. The Bertz CT molecular complexity index is 817. The first-order chi connectivity index (χ1) is 13.7. The summed E-state index contributed by atoms with van der Waals surface area (Å²) in [5.41, 5.74) is 2.23. The summed E-state index contributed by atoms with van der Waals surface area (Å²) in [6, 6.07) is 13.9. The van der Waals surface area contributed by atoms with Crippen molar-refractivity contribution in [2.75, 3.05) is 51.5 Å². The molecule has 0 saturated carbocycles. The summed E-state index contributed by atoms with van der Waals surface area (Å²) in [6.45, 7) is 4.35. The normalized spacial score (nSPS) is 15.6. The van der Waals surface area contributed by atoms with E-state index in [9.17, 15) is 4.79 Å². The van der Waals surface area contributed by atoms with E-state index in [1.54, 1.807) is 7.11 Å². The van der Waals surface area contributed by atoms with Crippen LogP contribution in [0, 0.1) is 0 Å². The monoisotopic (exact) mass is 383 g/mol. The van der Waals surface area contributed by atoms with Crippen molar-refractivity contribution in [3.05, 3.63) is 48.0 Å². The Morgan fingerprint density at radius 1 is 1.04 bits per heavy atom. The van der Waals surface area contributed by atoms with E-state index in [-0.39, 0.29) is 12.7 Å². The van der Waals surface area contributed by atoms with Gasteiger partial charge in [-0.2, -0.15) is 0 Å². The molecule has 0 atom stereocenters. The zero-order valence-corrected chi connectivity index (χ0v) is 16.0. The maximum atomic E-state index is 12.5. The highest BCUT2D eigenvalue weighted by Gasteiger charge is 2.21. The van der Waals surface area contributed by atoms with Crippen molar-refractivity contribution >= 4 is 11.6 Å². The zero-order valence-electron chi connectivity index (χ0n) is 16.0. The van der Waals surface area contributed by atoms with Gasteiger partial charge in [-0.3, -0.25) is 4.79 Å². The van der Waals surface area contributed by atoms with Crippen molar-refractivity contribution < 1.29 is 19.0 Å². The molecule has 0 radical (unpaired) electrons. The Hall–Kier alpha value is -2.93. The highest BCUT2D eigenvalue weighted by atomic mass is 16.7. The molecule has 2 aromatic carbocycles. The second-order valence-corrected chi connectivity index (χ2v) is 6.86. The van der Waals surface area contributed by atoms with Crippen molar-refractivity contribution in [1.82, 2.24) is 10.2 Å². The van der Waals surface area contributed by atoms with Gasteiger partial charge in [0.05, 0.1) is 13.7 Å². The minimum absolute atomic E-state index is 0.134. The lowest BCUT2D eigenvalue weighted by Crippen LogP contribution is -2.50. The molecule has 1 saturated heterocycles. The molecule has 0 spiro atoms. The number of hydrogen-bond donors (Lipinski definition) is 1. The van der Waals surface area contributed by atoms with Gasteiger partial charge in [-0.1, -0.05) is 6.07 Å². The van der Waals surface area contributed by atoms with Gasteiger partial charge in [0.1, 0.15) is 5.75 Å². The highest BCUT2D eigenvalue weighted by molar-refractivity contribution is 5.78. The maximum Gasteiger partial charge on any atom is 0.236 e. The second-order valence-electron chi connectivity index (χ2n) is 6.86. The summed E-state index contributed by atoms with van der Waals surface area (Å²) in [5.74, 6) is 2.52. The Labute approximate surface area is 164 Å². The van der Waals surface area contributed by atoms with E-state index in [0.29, 0.717) is 13.1 Å². The van der Waals surface area contributed by atoms with E-state index in [0.717, 1.165) is 54.7 Å². The molecule has 0 aliphatic carbocycles. The lowest BCUT2D eigenvalue weighted by molar-refractivity contribution is -0.130. The first-order valence-electron chi connectivity index (χ1n) is 9.49. The Morgan fingerprint density at radius 3 is 2.54 bits per heavy atom. The van der Waals surface area contributed by atoms with Crippen molar-refractivity contribution in [3.63, 3.8) is 0 Å². The third-order valence-corrected chi connectivity index (χ3v) is 5.11. The van der Waals surface area contributed by atoms with Crippen molar-refractivity contribution in [2.45, 2.75) is 6.54 Å². The second kappa shape index (κ2) is 8.39. The molecule has 2 heterocycles. The molecule has 2 aliphatic rings. The van der Waals surface area contributed by atoms with Gasteiger partial charge in [0.15, 0.2) is 11.5 Å². The number of ether oxygens (including phenoxy) is 3. The van der Waals surface area contributed by atoms with Crippen molar-refractivity contribution in [1.29, 1.82) is 0 Å². The van der Waals surface area contributed by atoms with Gasteiger partial charge >= 0.3 is 0 Å². The topological polar surface area (TPSA) is 63.3 Å². The van der Waals surface area contributed by atoms with Gasteiger partial charge in [0.25, 0.3) is 0 Å². The zero-order chi connectivity index (χ0) is 19.3. The largest absolute Gasteiger partial charge is 0.497 e. The van der Waals surface area contributed by atoms with E-state index >= 15 is 0 Å². The van der Waals surface area contributed by atoms with Crippen LogP contribution in [0.1, 0.15) is 5.56 Å². The molecule has 148 valence electrons. The number of methoxy groups -OCH3 is 1.